The molecule has 0 saturated heterocycles. The van der Waals surface area contributed by atoms with Gasteiger partial charge in [0.25, 0.3) is 0 Å². The highest BCUT2D eigenvalue weighted by atomic mass is 32.1. The average molecular weight is 328 g/mol. The molecular weight excluding hydrogens is 318 g/mol. The molecule has 0 fully saturated rings. The van der Waals surface area contributed by atoms with Gasteiger partial charge in [-0.15, -0.1) is 10.2 Å². The number of rotatable bonds is 3. The van der Waals surface area contributed by atoms with Gasteiger partial charge in [0.1, 0.15) is 16.6 Å². The Morgan fingerprint density at radius 2 is 1.52 bits per heavy atom. The second-order valence-corrected chi connectivity index (χ2v) is 5.98. The molecule has 0 amide bonds. The molecule has 0 saturated carbocycles. The van der Waals surface area contributed by atoms with Gasteiger partial charge in [-0.3, -0.25) is 0 Å². The van der Waals surface area contributed by atoms with Crippen LogP contribution in [0.3, 0.4) is 0 Å². The van der Waals surface area contributed by atoms with Crippen LogP contribution in [-0.4, -0.2) is 19.8 Å². The van der Waals surface area contributed by atoms with Crippen molar-refractivity contribution < 1.29 is 8.78 Å². The summed E-state index contributed by atoms with van der Waals surface area (Å²) in [6.07, 6.45) is 0.508. The molecule has 4 nitrogen and oxygen atoms in total. The normalized spacial score (nSPS) is 11.2. The van der Waals surface area contributed by atoms with Crippen LogP contribution in [0.4, 0.5) is 8.78 Å². The van der Waals surface area contributed by atoms with Crippen molar-refractivity contribution in [3.63, 3.8) is 0 Å². The minimum Gasteiger partial charge on any atom is -0.207 e. The zero-order valence-corrected chi connectivity index (χ0v) is 12.6. The summed E-state index contributed by atoms with van der Waals surface area (Å²) < 4.78 is 27.7. The zero-order valence-electron chi connectivity index (χ0n) is 11.8. The second kappa shape index (κ2) is 5.51. The fourth-order valence-corrected chi connectivity index (χ4v) is 3.13. The molecule has 2 aromatic heterocycles. The Kier molecular flexibility index (Phi) is 3.34. The summed E-state index contributed by atoms with van der Waals surface area (Å²) in [6.45, 7) is 0. The molecule has 23 heavy (non-hydrogen) atoms. The molecule has 114 valence electrons. The van der Waals surface area contributed by atoms with E-state index >= 15 is 0 Å². The molecule has 0 bridgehead atoms. The molecular formula is C16H10F2N4S. The third-order valence-electron chi connectivity index (χ3n) is 3.42. The lowest BCUT2D eigenvalue weighted by molar-refractivity contribution is 0.627. The Hall–Kier alpha value is -2.67. The highest BCUT2D eigenvalue weighted by Crippen LogP contribution is 2.26. The third kappa shape index (κ3) is 2.70. The molecule has 0 radical (unpaired) electrons. The van der Waals surface area contributed by atoms with Crippen LogP contribution in [0.1, 0.15) is 11.4 Å². The molecule has 4 rings (SSSR count). The monoisotopic (exact) mass is 328 g/mol. The minimum atomic E-state index is -0.284. The van der Waals surface area contributed by atoms with Gasteiger partial charge in [0.05, 0.1) is 0 Å². The number of hydrogen-bond acceptors (Lipinski definition) is 4. The van der Waals surface area contributed by atoms with Gasteiger partial charge in [0, 0.05) is 12.0 Å². The first kappa shape index (κ1) is 14.0. The van der Waals surface area contributed by atoms with Crippen molar-refractivity contribution in [1.82, 2.24) is 19.8 Å². The lowest BCUT2D eigenvalue weighted by Gasteiger charge is -1.98. The number of hydrogen-bond donors (Lipinski definition) is 0. The summed E-state index contributed by atoms with van der Waals surface area (Å²) in [7, 11) is 0. The molecule has 2 aromatic carbocycles. The van der Waals surface area contributed by atoms with Crippen molar-refractivity contribution >= 4 is 16.3 Å². The van der Waals surface area contributed by atoms with E-state index in [1.807, 2.05) is 0 Å². The molecule has 0 aliphatic heterocycles. The van der Waals surface area contributed by atoms with E-state index in [2.05, 4.69) is 15.3 Å². The van der Waals surface area contributed by atoms with Crippen molar-refractivity contribution in [2.24, 2.45) is 0 Å². The van der Waals surface area contributed by atoms with Gasteiger partial charge in [-0.25, -0.2) is 8.78 Å². The molecule has 4 aromatic rings. The number of fused-ring (bicyclic) bond motifs is 1. The van der Waals surface area contributed by atoms with E-state index in [0.29, 0.717) is 17.2 Å². The Morgan fingerprint density at radius 3 is 2.22 bits per heavy atom. The third-order valence-corrected chi connectivity index (χ3v) is 4.37. The first-order valence-electron chi connectivity index (χ1n) is 6.90. The van der Waals surface area contributed by atoms with Gasteiger partial charge in [-0.05, 0) is 42.0 Å². The van der Waals surface area contributed by atoms with Gasteiger partial charge in [0.2, 0.25) is 4.96 Å². The summed E-state index contributed by atoms with van der Waals surface area (Å²) in [5, 5.41) is 13.5. The fourth-order valence-electron chi connectivity index (χ4n) is 2.26. The van der Waals surface area contributed by atoms with Crippen LogP contribution < -0.4 is 0 Å². The SMILES string of the molecule is Fc1ccc(Cc2nnc3sc(-c4ccc(F)cc4)nn23)cc1. The Balaban J connectivity index is 1.69. The van der Waals surface area contributed by atoms with Crippen molar-refractivity contribution in [3.05, 3.63) is 71.6 Å². The van der Waals surface area contributed by atoms with Crippen LogP contribution in [0.15, 0.2) is 48.5 Å². The number of halogens is 2. The Bertz CT molecular complexity index is 958. The molecule has 0 atom stereocenters. The Labute approximate surface area is 134 Å². The molecule has 7 heteroatoms. The summed E-state index contributed by atoms with van der Waals surface area (Å²) in [5.41, 5.74) is 1.76. The van der Waals surface area contributed by atoms with E-state index in [1.165, 1.54) is 35.6 Å². The maximum absolute atomic E-state index is 13.0. The van der Waals surface area contributed by atoms with Crippen molar-refractivity contribution in [1.29, 1.82) is 0 Å². The van der Waals surface area contributed by atoms with Gasteiger partial charge in [0.15, 0.2) is 5.82 Å². The van der Waals surface area contributed by atoms with Crippen LogP contribution in [-0.2, 0) is 6.42 Å². The van der Waals surface area contributed by atoms with Gasteiger partial charge < -0.3 is 0 Å². The number of nitrogens with zero attached hydrogens (tertiary/aromatic N) is 4. The standard InChI is InChI=1S/C16H10F2N4S/c17-12-5-1-10(2-6-12)9-14-19-20-16-22(14)21-15(23-16)11-3-7-13(18)8-4-11/h1-8H,9H2. The number of aromatic nitrogens is 4. The maximum Gasteiger partial charge on any atom is 0.234 e. The van der Waals surface area contributed by atoms with E-state index in [1.54, 1.807) is 28.8 Å². The van der Waals surface area contributed by atoms with Crippen LogP contribution >= 0.6 is 11.3 Å². The molecule has 0 N–H and O–H groups in total. The van der Waals surface area contributed by atoms with E-state index in [9.17, 15) is 8.78 Å². The lowest BCUT2D eigenvalue weighted by atomic mass is 10.1. The highest BCUT2D eigenvalue weighted by Gasteiger charge is 2.13. The molecule has 0 aliphatic rings. The first-order chi connectivity index (χ1) is 11.2. The van der Waals surface area contributed by atoms with Crippen molar-refractivity contribution in [3.8, 4) is 10.6 Å². The van der Waals surface area contributed by atoms with E-state index in [4.69, 9.17) is 0 Å². The summed E-state index contributed by atoms with van der Waals surface area (Å²) >= 11 is 1.39. The number of benzene rings is 2. The molecule has 0 unspecified atom stereocenters. The van der Waals surface area contributed by atoms with Crippen LogP contribution in [0, 0.1) is 11.6 Å². The van der Waals surface area contributed by atoms with Crippen molar-refractivity contribution in [2.45, 2.75) is 6.42 Å². The largest absolute Gasteiger partial charge is 0.234 e. The van der Waals surface area contributed by atoms with Crippen LogP contribution in [0.5, 0.6) is 0 Å². The quantitative estimate of drug-likeness (QED) is 0.576. The molecule has 0 spiro atoms. The van der Waals surface area contributed by atoms with E-state index < -0.39 is 0 Å². The predicted molar refractivity (Wildman–Crippen MR) is 83.3 cm³/mol. The topological polar surface area (TPSA) is 43.1 Å². The van der Waals surface area contributed by atoms with E-state index in [0.717, 1.165) is 16.1 Å². The van der Waals surface area contributed by atoms with Crippen LogP contribution in [0.2, 0.25) is 0 Å². The first-order valence-corrected chi connectivity index (χ1v) is 7.72. The zero-order chi connectivity index (χ0) is 15.8. The van der Waals surface area contributed by atoms with Crippen LogP contribution in [0.25, 0.3) is 15.5 Å². The molecule has 0 aliphatic carbocycles. The van der Waals surface area contributed by atoms with Gasteiger partial charge in [-0.1, -0.05) is 23.5 Å². The summed E-state index contributed by atoms with van der Waals surface area (Å²) in [4.78, 5) is 0.668. The highest BCUT2D eigenvalue weighted by molar-refractivity contribution is 7.19. The molecule has 2 heterocycles. The minimum absolute atomic E-state index is 0.271. The lowest BCUT2D eigenvalue weighted by Crippen LogP contribution is -1.97. The summed E-state index contributed by atoms with van der Waals surface area (Å²) in [6, 6.07) is 12.4. The fraction of sp³-hybridized carbons (Fsp3) is 0.0625. The van der Waals surface area contributed by atoms with Gasteiger partial charge >= 0.3 is 0 Å². The van der Waals surface area contributed by atoms with Crippen molar-refractivity contribution in [2.75, 3.05) is 0 Å². The van der Waals surface area contributed by atoms with Gasteiger partial charge in [-0.2, -0.15) is 9.61 Å². The maximum atomic E-state index is 13.0. The predicted octanol–water partition coefficient (Wildman–Crippen LogP) is 3.72. The van der Waals surface area contributed by atoms with E-state index in [-0.39, 0.29) is 11.6 Å². The Morgan fingerprint density at radius 1 is 0.870 bits per heavy atom. The average Bonchev–Trinajstić information content (AvgIpc) is 3.12. The smallest absolute Gasteiger partial charge is 0.207 e. The second-order valence-electron chi connectivity index (χ2n) is 5.03. The summed E-state index contributed by atoms with van der Waals surface area (Å²) in [5.74, 6) is 0.123.